The van der Waals surface area contributed by atoms with E-state index in [2.05, 4.69) is 23.5 Å². The van der Waals surface area contributed by atoms with Crippen LogP contribution in [0.3, 0.4) is 0 Å². The summed E-state index contributed by atoms with van der Waals surface area (Å²) in [5, 5.41) is 4.43. The summed E-state index contributed by atoms with van der Waals surface area (Å²) in [5.74, 6) is 1.15. The summed E-state index contributed by atoms with van der Waals surface area (Å²) in [4.78, 5) is 0. The molecule has 1 aliphatic heterocycles. The van der Waals surface area contributed by atoms with E-state index in [4.69, 9.17) is 15.2 Å². The predicted molar refractivity (Wildman–Crippen MR) is 79.0 cm³/mol. The number of nitrogens with one attached hydrogen (secondary N) is 1. The first-order chi connectivity index (χ1) is 8.87. The molecule has 1 atom stereocenters. The molecule has 1 fully saturated rings. The second-order valence-electron chi connectivity index (χ2n) is 5.83. The van der Waals surface area contributed by atoms with Gasteiger partial charge in [-0.25, -0.2) is 0 Å². The maximum absolute atomic E-state index is 5.86. The van der Waals surface area contributed by atoms with E-state index < -0.39 is 0 Å². The second kappa shape index (κ2) is 5.54. The van der Waals surface area contributed by atoms with Crippen molar-refractivity contribution in [2.24, 2.45) is 0 Å². The smallest absolute Gasteiger partial charge is 0.197 e. The Bertz CT molecular complexity index is 432. The minimum atomic E-state index is -0.0782. The Hall–Kier alpha value is -1.01. The molecule has 1 aromatic rings. The first-order valence-corrected chi connectivity index (χ1v) is 7.47. The molecule has 0 aromatic carbocycles. The zero-order valence-corrected chi connectivity index (χ0v) is 12.8. The summed E-state index contributed by atoms with van der Waals surface area (Å²) in [7, 11) is 0. The molecule has 0 spiro atoms. The highest BCUT2D eigenvalue weighted by atomic mass is 32.1. The Labute approximate surface area is 118 Å². The Balaban J connectivity index is 2.06. The maximum Gasteiger partial charge on any atom is 0.197 e. The Morgan fingerprint density at radius 3 is 2.89 bits per heavy atom. The van der Waals surface area contributed by atoms with Crippen LogP contribution in [0.2, 0.25) is 0 Å². The summed E-state index contributed by atoms with van der Waals surface area (Å²) >= 11 is 1.36. The summed E-state index contributed by atoms with van der Waals surface area (Å²) in [5.41, 5.74) is 5.78. The van der Waals surface area contributed by atoms with Gasteiger partial charge in [-0.05, 0) is 52.1 Å². The van der Waals surface area contributed by atoms with Gasteiger partial charge in [0.25, 0.3) is 0 Å². The van der Waals surface area contributed by atoms with E-state index in [0.29, 0.717) is 17.6 Å². The van der Waals surface area contributed by atoms with Crippen molar-refractivity contribution >= 4 is 22.4 Å². The number of aromatic nitrogens is 1. The molecule has 1 aliphatic rings. The third-order valence-electron chi connectivity index (χ3n) is 3.06. The molecule has 5 nitrogen and oxygen atoms in total. The van der Waals surface area contributed by atoms with Crippen LogP contribution in [0.15, 0.2) is 0 Å². The minimum Gasteiger partial charge on any atom is -0.484 e. The van der Waals surface area contributed by atoms with Crippen LogP contribution in [0.5, 0.6) is 5.75 Å². The molecule has 1 unspecified atom stereocenters. The normalized spacial score (nSPS) is 22.5. The summed E-state index contributed by atoms with van der Waals surface area (Å²) in [6, 6.07) is 0.373. The molecular weight excluding hydrogens is 262 g/mol. The number of ether oxygens (including phenoxy) is 2. The van der Waals surface area contributed by atoms with Crippen molar-refractivity contribution < 1.29 is 9.47 Å². The topological polar surface area (TPSA) is 69.4 Å². The van der Waals surface area contributed by atoms with E-state index in [1.54, 1.807) is 0 Å². The van der Waals surface area contributed by atoms with Gasteiger partial charge in [0.15, 0.2) is 16.6 Å². The molecule has 6 heteroatoms. The molecule has 0 saturated carbocycles. The van der Waals surface area contributed by atoms with Crippen LogP contribution in [-0.4, -0.2) is 28.7 Å². The van der Waals surface area contributed by atoms with Gasteiger partial charge in [-0.3, -0.25) is 0 Å². The van der Waals surface area contributed by atoms with Gasteiger partial charge in [-0.1, -0.05) is 0 Å². The Morgan fingerprint density at radius 2 is 2.26 bits per heavy atom. The van der Waals surface area contributed by atoms with E-state index in [9.17, 15) is 0 Å². The molecule has 108 valence electrons. The first-order valence-electron chi connectivity index (χ1n) is 6.70. The summed E-state index contributed by atoms with van der Waals surface area (Å²) in [6.07, 6.45) is 2.04. The van der Waals surface area contributed by atoms with E-state index >= 15 is 0 Å². The molecule has 0 aliphatic carbocycles. The molecule has 2 rings (SSSR count). The molecule has 1 aromatic heterocycles. The zero-order valence-electron chi connectivity index (χ0n) is 12.0. The number of hydrogen-bond donors (Lipinski definition) is 2. The number of anilines is 2. The van der Waals surface area contributed by atoms with Crippen LogP contribution >= 0.6 is 11.5 Å². The highest BCUT2D eigenvalue weighted by Gasteiger charge is 2.30. The van der Waals surface area contributed by atoms with E-state index in [-0.39, 0.29) is 11.7 Å². The Kier molecular flexibility index (Phi) is 4.20. The number of rotatable bonds is 4. The van der Waals surface area contributed by atoms with Gasteiger partial charge in [0.05, 0.1) is 11.7 Å². The lowest BCUT2D eigenvalue weighted by Gasteiger charge is -2.36. The lowest BCUT2D eigenvalue weighted by atomic mass is 9.94. The van der Waals surface area contributed by atoms with E-state index in [1.807, 2.05) is 13.8 Å². The number of hydrogen-bond acceptors (Lipinski definition) is 6. The highest BCUT2D eigenvalue weighted by molar-refractivity contribution is 7.11. The van der Waals surface area contributed by atoms with Crippen molar-refractivity contribution in [3.8, 4) is 5.75 Å². The Morgan fingerprint density at radius 1 is 1.53 bits per heavy atom. The highest BCUT2D eigenvalue weighted by Crippen LogP contribution is 2.38. The van der Waals surface area contributed by atoms with Crippen LogP contribution in [0.1, 0.15) is 40.5 Å². The minimum absolute atomic E-state index is 0.0782. The van der Waals surface area contributed by atoms with Gasteiger partial charge in [-0.15, -0.1) is 0 Å². The van der Waals surface area contributed by atoms with Crippen molar-refractivity contribution in [3.05, 3.63) is 0 Å². The van der Waals surface area contributed by atoms with Gasteiger partial charge in [0.2, 0.25) is 0 Å². The third kappa shape index (κ3) is 3.73. The van der Waals surface area contributed by atoms with Gasteiger partial charge in [-0.2, -0.15) is 4.37 Å². The van der Waals surface area contributed by atoms with Gasteiger partial charge in [0, 0.05) is 12.6 Å². The van der Waals surface area contributed by atoms with Crippen LogP contribution < -0.4 is 15.8 Å². The van der Waals surface area contributed by atoms with E-state index in [0.717, 1.165) is 24.4 Å². The standard InChI is InChI=1S/C13H23N3O2S/c1-8(2)18-10-11(14)16-19-12(10)15-9-5-6-17-13(3,4)7-9/h8-9,15H,5-7H2,1-4H3,(H2,14,16). The molecule has 0 radical (unpaired) electrons. The van der Waals surface area contributed by atoms with Crippen LogP contribution in [-0.2, 0) is 4.74 Å². The van der Waals surface area contributed by atoms with Crippen molar-refractivity contribution in [1.82, 2.24) is 4.37 Å². The van der Waals surface area contributed by atoms with E-state index in [1.165, 1.54) is 11.5 Å². The van der Waals surface area contributed by atoms with Crippen molar-refractivity contribution in [1.29, 1.82) is 0 Å². The van der Waals surface area contributed by atoms with Crippen LogP contribution in [0, 0.1) is 0 Å². The average molecular weight is 285 g/mol. The van der Waals surface area contributed by atoms with Crippen LogP contribution in [0.4, 0.5) is 10.8 Å². The lowest BCUT2D eigenvalue weighted by Crippen LogP contribution is -2.40. The number of nitrogens with zero attached hydrogens (tertiary/aromatic N) is 1. The molecule has 2 heterocycles. The van der Waals surface area contributed by atoms with Gasteiger partial charge >= 0.3 is 0 Å². The number of nitrogen functional groups attached to an aromatic ring is 1. The number of nitrogens with two attached hydrogens (primary N) is 1. The summed E-state index contributed by atoms with van der Waals surface area (Å²) < 4.78 is 15.6. The van der Waals surface area contributed by atoms with Crippen molar-refractivity contribution in [2.45, 2.75) is 58.3 Å². The average Bonchev–Trinajstić information content (AvgIpc) is 2.59. The van der Waals surface area contributed by atoms with Gasteiger partial charge < -0.3 is 20.5 Å². The fourth-order valence-corrected chi connectivity index (χ4v) is 3.00. The fraction of sp³-hybridized carbons (Fsp3) is 0.769. The maximum atomic E-state index is 5.86. The van der Waals surface area contributed by atoms with Crippen molar-refractivity contribution in [3.63, 3.8) is 0 Å². The first kappa shape index (κ1) is 14.4. The van der Waals surface area contributed by atoms with Crippen LogP contribution in [0.25, 0.3) is 0 Å². The third-order valence-corrected chi connectivity index (χ3v) is 3.83. The molecule has 19 heavy (non-hydrogen) atoms. The molecular formula is C13H23N3O2S. The molecule has 0 amide bonds. The van der Waals surface area contributed by atoms with Gasteiger partial charge in [0.1, 0.15) is 0 Å². The summed E-state index contributed by atoms with van der Waals surface area (Å²) in [6.45, 7) is 8.98. The lowest BCUT2D eigenvalue weighted by molar-refractivity contribution is -0.0553. The quantitative estimate of drug-likeness (QED) is 0.890. The fourth-order valence-electron chi connectivity index (χ4n) is 2.28. The SMILES string of the molecule is CC(C)Oc1c(N)nsc1NC1CCOC(C)(C)C1. The zero-order chi connectivity index (χ0) is 14.0. The predicted octanol–water partition coefficient (Wildman–Crippen LogP) is 2.88. The molecule has 0 bridgehead atoms. The van der Waals surface area contributed by atoms with Crippen molar-refractivity contribution in [2.75, 3.05) is 17.7 Å². The second-order valence-corrected chi connectivity index (χ2v) is 6.61. The largest absolute Gasteiger partial charge is 0.484 e. The molecule has 1 saturated heterocycles. The molecule has 3 N–H and O–H groups in total. The monoisotopic (exact) mass is 285 g/mol.